The molecule has 0 aliphatic rings. The molecule has 0 saturated heterocycles. The highest BCUT2D eigenvalue weighted by molar-refractivity contribution is 5.17. The molecule has 0 aliphatic carbocycles. The summed E-state index contributed by atoms with van der Waals surface area (Å²) >= 11 is 0. The Morgan fingerprint density at radius 2 is 2.36 bits per heavy atom. The van der Waals surface area contributed by atoms with Gasteiger partial charge in [-0.25, -0.2) is 4.39 Å². The lowest BCUT2D eigenvalue weighted by molar-refractivity contribution is 0.256. The van der Waals surface area contributed by atoms with Crippen molar-refractivity contribution < 1.29 is 4.39 Å². The lowest BCUT2D eigenvalue weighted by Gasteiger charge is -2.13. The molecule has 1 aromatic rings. The molecule has 11 heavy (non-hydrogen) atoms. The molecule has 58 valence electrons. The van der Waals surface area contributed by atoms with Gasteiger partial charge in [0, 0.05) is 6.20 Å². The van der Waals surface area contributed by atoms with Crippen molar-refractivity contribution in [2.75, 3.05) is 0 Å². The van der Waals surface area contributed by atoms with E-state index in [1.54, 1.807) is 24.4 Å². The molecule has 0 aliphatic heterocycles. The van der Waals surface area contributed by atoms with Crippen molar-refractivity contribution in [2.45, 2.75) is 12.6 Å². The standard InChI is InChI=1S/C9H10FN/c1-3-9(2,10)8-6-4-5-7-11-8/h3-7H,1H2,2H3. The highest BCUT2D eigenvalue weighted by atomic mass is 19.1. The largest absolute Gasteiger partial charge is 0.258 e. The van der Waals surface area contributed by atoms with E-state index in [1.165, 1.54) is 13.0 Å². The second-order valence-electron chi connectivity index (χ2n) is 2.49. The summed E-state index contributed by atoms with van der Waals surface area (Å²) in [5.74, 6) is 0. The third-order valence-corrected chi connectivity index (χ3v) is 1.55. The van der Waals surface area contributed by atoms with Crippen molar-refractivity contribution >= 4 is 0 Å². The third kappa shape index (κ3) is 1.64. The van der Waals surface area contributed by atoms with E-state index in [4.69, 9.17) is 0 Å². The van der Waals surface area contributed by atoms with Crippen molar-refractivity contribution in [2.24, 2.45) is 0 Å². The highest BCUT2D eigenvalue weighted by Gasteiger charge is 2.21. The average molecular weight is 151 g/mol. The van der Waals surface area contributed by atoms with Crippen LogP contribution in [-0.4, -0.2) is 4.98 Å². The molecule has 0 spiro atoms. The number of alkyl halides is 1. The van der Waals surface area contributed by atoms with E-state index in [0.717, 1.165) is 0 Å². The fourth-order valence-electron chi connectivity index (χ4n) is 0.756. The number of pyridine rings is 1. The van der Waals surface area contributed by atoms with E-state index in [1.807, 2.05) is 0 Å². The van der Waals surface area contributed by atoms with Gasteiger partial charge in [0.05, 0.1) is 5.69 Å². The van der Waals surface area contributed by atoms with Crippen LogP contribution in [0.4, 0.5) is 4.39 Å². The van der Waals surface area contributed by atoms with Gasteiger partial charge in [0.1, 0.15) is 0 Å². The SMILES string of the molecule is C=CC(C)(F)c1ccccn1. The minimum Gasteiger partial charge on any atom is -0.258 e. The lowest BCUT2D eigenvalue weighted by Crippen LogP contribution is -2.12. The van der Waals surface area contributed by atoms with Crippen LogP contribution in [0.5, 0.6) is 0 Å². The number of aromatic nitrogens is 1. The maximum absolute atomic E-state index is 13.4. The first kappa shape index (κ1) is 7.92. The van der Waals surface area contributed by atoms with Crippen LogP contribution in [0.15, 0.2) is 37.1 Å². The number of halogens is 1. The smallest absolute Gasteiger partial charge is 0.167 e. The minimum atomic E-state index is -1.51. The fraction of sp³-hybridized carbons (Fsp3) is 0.222. The van der Waals surface area contributed by atoms with Crippen LogP contribution >= 0.6 is 0 Å². The second kappa shape index (κ2) is 2.82. The van der Waals surface area contributed by atoms with Crippen LogP contribution in [0, 0.1) is 0 Å². The first-order chi connectivity index (χ1) is 5.17. The normalized spacial score (nSPS) is 15.5. The Labute approximate surface area is 65.6 Å². The van der Waals surface area contributed by atoms with Crippen LogP contribution in [0.25, 0.3) is 0 Å². The monoisotopic (exact) mass is 151 g/mol. The maximum Gasteiger partial charge on any atom is 0.167 e. The highest BCUT2D eigenvalue weighted by Crippen LogP contribution is 2.23. The molecule has 1 unspecified atom stereocenters. The Balaban J connectivity index is 3.02. The molecule has 1 atom stereocenters. The molecule has 2 heteroatoms. The van der Waals surface area contributed by atoms with Crippen LogP contribution in [-0.2, 0) is 5.67 Å². The van der Waals surface area contributed by atoms with Crippen molar-refractivity contribution in [3.63, 3.8) is 0 Å². The third-order valence-electron chi connectivity index (χ3n) is 1.55. The number of nitrogens with zero attached hydrogens (tertiary/aromatic N) is 1. The molecule has 0 N–H and O–H groups in total. The van der Waals surface area contributed by atoms with Gasteiger partial charge in [-0.15, -0.1) is 0 Å². The Hall–Kier alpha value is -1.18. The van der Waals surface area contributed by atoms with Crippen molar-refractivity contribution in [1.82, 2.24) is 4.98 Å². The predicted molar refractivity (Wildman–Crippen MR) is 42.9 cm³/mol. The van der Waals surface area contributed by atoms with E-state index in [2.05, 4.69) is 11.6 Å². The van der Waals surface area contributed by atoms with E-state index < -0.39 is 5.67 Å². The molecular weight excluding hydrogens is 141 g/mol. The Bertz CT molecular complexity index is 241. The quantitative estimate of drug-likeness (QED) is 0.591. The van der Waals surface area contributed by atoms with Gasteiger partial charge in [-0.3, -0.25) is 4.98 Å². The molecule has 0 aromatic carbocycles. The van der Waals surface area contributed by atoms with Gasteiger partial charge in [0.2, 0.25) is 0 Å². The maximum atomic E-state index is 13.4. The average Bonchev–Trinajstić information content (AvgIpc) is 2.06. The number of rotatable bonds is 2. The summed E-state index contributed by atoms with van der Waals surface area (Å²) in [4.78, 5) is 3.88. The van der Waals surface area contributed by atoms with Crippen molar-refractivity contribution in [3.8, 4) is 0 Å². The molecule has 0 bridgehead atoms. The molecular formula is C9H10FN. The molecule has 1 rings (SSSR count). The Morgan fingerprint density at radius 3 is 2.82 bits per heavy atom. The van der Waals surface area contributed by atoms with E-state index >= 15 is 0 Å². The van der Waals surface area contributed by atoms with Gasteiger partial charge in [-0.1, -0.05) is 12.6 Å². The van der Waals surface area contributed by atoms with Gasteiger partial charge in [-0.2, -0.15) is 0 Å². The summed E-state index contributed by atoms with van der Waals surface area (Å²) in [6, 6.07) is 5.15. The fourth-order valence-corrected chi connectivity index (χ4v) is 0.756. The molecule has 0 saturated carbocycles. The zero-order valence-corrected chi connectivity index (χ0v) is 6.42. The first-order valence-corrected chi connectivity index (χ1v) is 3.41. The number of hydrogen-bond acceptors (Lipinski definition) is 1. The van der Waals surface area contributed by atoms with Crippen LogP contribution in [0.2, 0.25) is 0 Å². The van der Waals surface area contributed by atoms with Crippen LogP contribution in [0.1, 0.15) is 12.6 Å². The summed E-state index contributed by atoms with van der Waals surface area (Å²) in [5, 5.41) is 0. The van der Waals surface area contributed by atoms with E-state index in [0.29, 0.717) is 5.69 Å². The zero-order chi connectivity index (χ0) is 8.32. The first-order valence-electron chi connectivity index (χ1n) is 3.41. The zero-order valence-electron chi connectivity index (χ0n) is 6.42. The second-order valence-corrected chi connectivity index (χ2v) is 2.49. The van der Waals surface area contributed by atoms with Gasteiger partial charge < -0.3 is 0 Å². The van der Waals surface area contributed by atoms with E-state index in [9.17, 15) is 4.39 Å². The summed E-state index contributed by atoms with van der Waals surface area (Å²) in [6.45, 7) is 4.83. The van der Waals surface area contributed by atoms with E-state index in [-0.39, 0.29) is 0 Å². The van der Waals surface area contributed by atoms with Crippen molar-refractivity contribution in [3.05, 3.63) is 42.7 Å². The van der Waals surface area contributed by atoms with Crippen molar-refractivity contribution in [1.29, 1.82) is 0 Å². The van der Waals surface area contributed by atoms with Gasteiger partial charge in [0.15, 0.2) is 5.67 Å². The summed E-state index contributed by atoms with van der Waals surface area (Å²) in [6.07, 6.45) is 2.81. The lowest BCUT2D eigenvalue weighted by atomic mass is 10.0. The van der Waals surface area contributed by atoms with Crippen LogP contribution in [0.3, 0.4) is 0 Å². The summed E-state index contributed by atoms with van der Waals surface area (Å²) in [7, 11) is 0. The van der Waals surface area contributed by atoms with Gasteiger partial charge in [-0.05, 0) is 25.1 Å². The Morgan fingerprint density at radius 1 is 1.64 bits per heavy atom. The molecule has 0 radical (unpaired) electrons. The summed E-state index contributed by atoms with van der Waals surface area (Å²) in [5.41, 5.74) is -1.11. The number of allylic oxidation sites excluding steroid dienone is 1. The number of hydrogen-bond donors (Lipinski definition) is 0. The minimum absolute atomic E-state index is 0.398. The topological polar surface area (TPSA) is 12.9 Å². The van der Waals surface area contributed by atoms with Gasteiger partial charge >= 0.3 is 0 Å². The molecule has 0 amide bonds. The van der Waals surface area contributed by atoms with Gasteiger partial charge in [0.25, 0.3) is 0 Å². The molecule has 1 heterocycles. The Kier molecular flexibility index (Phi) is 2.03. The van der Waals surface area contributed by atoms with Crippen LogP contribution < -0.4 is 0 Å². The molecule has 0 fully saturated rings. The molecule has 1 aromatic heterocycles. The predicted octanol–water partition coefficient (Wildman–Crippen LogP) is 2.45. The molecule has 1 nitrogen and oxygen atoms in total. The summed E-state index contributed by atoms with van der Waals surface area (Å²) < 4.78 is 13.4.